The summed E-state index contributed by atoms with van der Waals surface area (Å²) in [6.45, 7) is 36.4. The van der Waals surface area contributed by atoms with Crippen molar-refractivity contribution in [2.24, 2.45) is 29.6 Å². The van der Waals surface area contributed by atoms with Crippen molar-refractivity contribution in [2.75, 3.05) is 20.2 Å². The molecule has 0 aromatic heterocycles. The lowest BCUT2D eigenvalue weighted by atomic mass is 9.83. The van der Waals surface area contributed by atoms with Crippen LogP contribution in [0.25, 0.3) is 0 Å². The van der Waals surface area contributed by atoms with Crippen LogP contribution in [-0.2, 0) is 13.6 Å². The number of allylic oxidation sites excluding steroid dienone is 2. The molecule has 6 nitrogen and oxygen atoms in total. The number of carbonyl (C=O) groups is 1. The molecule has 0 aliphatic rings. The summed E-state index contributed by atoms with van der Waals surface area (Å²) in [4.78, 5) is 15.8. The summed E-state index contributed by atoms with van der Waals surface area (Å²) in [5.74, 6) is -0.841. The number of carbonyl (C=O) groups excluding carboxylic acids is 1. The molecule has 8 heteroatoms. The van der Waals surface area contributed by atoms with Gasteiger partial charge in [-0.2, -0.15) is 0 Å². The second-order valence-electron chi connectivity index (χ2n) is 15.7. The summed E-state index contributed by atoms with van der Waals surface area (Å²) in [5, 5.41) is 21.4. The molecule has 8 atom stereocenters. The smallest absolute Gasteiger partial charge is 0.227 e. The molecule has 0 saturated heterocycles. The highest BCUT2D eigenvalue weighted by atomic mass is 28.4. The van der Waals surface area contributed by atoms with Gasteiger partial charge in [0.2, 0.25) is 5.91 Å². The Morgan fingerprint density at radius 3 is 1.71 bits per heavy atom. The number of rotatable bonds is 16. The number of amides is 1. The summed E-state index contributed by atoms with van der Waals surface area (Å²) >= 11 is 0. The minimum atomic E-state index is -2.25. The van der Waals surface area contributed by atoms with Gasteiger partial charge in [-0.15, -0.1) is 0 Å². The number of hydrogen-bond acceptors (Lipinski definition) is 5. The maximum absolute atomic E-state index is 14.0. The molecule has 0 heterocycles. The first-order valence-corrected chi connectivity index (χ1v) is 21.4. The molecule has 41 heavy (non-hydrogen) atoms. The Morgan fingerprint density at radius 2 is 1.32 bits per heavy atom. The monoisotopic (exact) mass is 613 g/mol. The Bertz CT molecular complexity index is 846. The number of aliphatic hydroxyl groups excluding tert-OH is 2. The second-order valence-corrected chi connectivity index (χ2v) is 25.2. The summed E-state index contributed by atoms with van der Waals surface area (Å²) in [7, 11) is -2.49. The van der Waals surface area contributed by atoms with Crippen molar-refractivity contribution >= 4 is 22.5 Å². The summed E-state index contributed by atoms with van der Waals surface area (Å²) in [6.07, 6.45) is 4.23. The van der Waals surface area contributed by atoms with E-state index in [0.717, 1.165) is 0 Å². The zero-order valence-corrected chi connectivity index (χ0v) is 31.5. The van der Waals surface area contributed by atoms with Crippen molar-refractivity contribution in [1.82, 2.24) is 4.90 Å². The quantitative estimate of drug-likeness (QED) is 0.139. The number of nitrogens with zero attached hydrogens (tertiary/aromatic N) is 1. The van der Waals surface area contributed by atoms with E-state index in [0.29, 0.717) is 6.54 Å². The molecule has 1 amide bonds. The van der Waals surface area contributed by atoms with Crippen LogP contribution >= 0.6 is 0 Å². The van der Waals surface area contributed by atoms with E-state index in [4.69, 9.17) is 8.85 Å². The molecule has 0 aromatic rings. The van der Waals surface area contributed by atoms with E-state index in [1.807, 2.05) is 46.9 Å². The Kier molecular flexibility index (Phi) is 15.5. The lowest BCUT2D eigenvalue weighted by Crippen LogP contribution is -2.53. The Labute approximate surface area is 256 Å². The lowest BCUT2D eigenvalue weighted by Gasteiger charge is -2.45. The molecule has 0 saturated carbocycles. The molecule has 0 bridgehead atoms. The van der Waals surface area contributed by atoms with Crippen LogP contribution in [-0.4, -0.2) is 76.2 Å². The van der Waals surface area contributed by atoms with Gasteiger partial charge in [-0.25, -0.2) is 0 Å². The molecule has 0 aliphatic heterocycles. The van der Waals surface area contributed by atoms with E-state index < -0.39 is 34.8 Å². The Balaban J connectivity index is 6.17. The van der Waals surface area contributed by atoms with E-state index in [-0.39, 0.29) is 52.4 Å². The molecule has 0 aromatic carbocycles. The van der Waals surface area contributed by atoms with Gasteiger partial charge in [0.1, 0.15) is 0 Å². The normalized spacial score (nSPS) is 19.7. The van der Waals surface area contributed by atoms with E-state index in [1.54, 1.807) is 11.0 Å². The molecule has 0 radical (unpaired) electrons. The third kappa shape index (κ3) is 11.3. The SMILES string of the molecule is C=C/C=C\[C@H](C)[C@H](O)[C@@H](C)[C@H](O[Si](C)(C)C(C)(C)C)[C@@H](C)C(=O)N(C)C[C@H](C)[C@@H](O[Si](C)(C)C(C)(C)C)[C@@H](C)CO. The zero-order valence-electron chi connectivity index (χ0n) is 29.5. The van der Waals surface area contributed by atoms with Gasteiger partial charge >= 0.3 is 0 Å². The third-order valence-electron chi connectivity index (χ3n) is 9.85. The van der Waals surface area contributed by atoms with Gasteiger partial charge in [-0.3, -0.25) is 4.79 Å². The molecule has 0 fully saturated rings. The fourth-order valence-corrected chi connectivity index (χ4v) is 7.70. The van der Waals surface area contributed by atoms with Crippen LogP contribution in [0.5, 0.6) is 0 Å². The van der Waals surface area contributed by atoms with Crippen molar-refractivity contribution in [3.8, 4) is 0 Å². The molecule has 0 unspecified atom stereocenters. The summed E-state index contributed by atoms with van der Waals surface area (Å²) < 4.78 is 13.7. The van der Waals surface area contributed by atoms with Gasteiger partial charge in [-0.05, 0) is 42.2 Å². The Morgan fingerprint density at radius 1 is 0.878 bits per heavy atom. The van der Waals surface area contributed by atoms with Crippen molar-refractivity contribution in [2.45, 2.75) is 131 Å². The first-order chi connectivity index (χ1) is 18.4. The molecular weight excluding hydrogens is 547 g/mol. The average Bonchev–Trinajstić information content (AvgIpc) is 2.85. The molecule has 0 rings (SSSR count). The van der Waals surface area contributed by atoms with Gasteiger partial charge in [-0.1, -0.05) is 101 Å². The minimum absolute atomic E-state index is 0.00313. The summed E-state index contributed by atoms with van der Waals surface area (Å²) in [6, 6.07) is 0. The van der Waals surface area contributed by atoms with Gasteiger partial charge < -0.3 is 24.0 Å². The fourth-order valence-electron chi connectivity index (χ4n) is 4.75. The van der Waals surface area contributed by atoms with Crippen LogP contribution in [0, 0.1) is 29.6 Å². The fraction of sp³-hybridized carbons (Fsp3) is 0.848. The Hall–Kier alpha value is -0.776. The standard InChI is InChI=1S/C33H67NO5Si2/c1-18-19-20-23(2)28(36)26(5)30(39-41(16,17)33(10,11)12)27(6)31(37)34(13)21-24(3)29(25(4)22-35)38-40(14,15)32(7,8)9/h18-20,23-30,35-36H,1,21-22H2,2-17H3/b20-19-/t23-,24-,25-,26+,27+,28-,29+,30-/m0/s1. The first kappa shape index (κ1) is 40.2. The number of hydrogen-bond donors (Lipinski definition) is 2. The third-order valence-corrected chi connectivity index (χ3v) is 18.8. The average molecular weight is 614 g/mol. The second kappa shape index (κ2) is 15.8. The highest BCUT2D eigenvalue weighted by Crippen LogP contribution is 2.41. The predicted octanol–water partition coefficient (Wildman–Crippen LogP) is 7.50. The van der Waals surface area contributed by atoms with Crippen LogP contribution in [0.2, 0.25) is 36.3 Å². The zero-order chi connectivity index (χ0) is 32.7. The maximum atomic E-state index is 14.0. The predicted molar refractivity (Wildman–Crippen MR) is 180 cm³/mol. The maximum Gasteiger partial charge on any atom is 0.227 e. The molecule has 2 N–H and O–H groups in total. The van der Waals surface area contributed by atoms with Crippen molar-refractivity contribution in [3.05, 3.63) is 24.8 Å². The van der Waals surface area contributed by atoms with Crippen LogP contribution < -0.4 is 0 Å². The molecule has 0 spiro atoms. The lowest BCUT2D eigenvalue weighted by molar-refractivity contribution is -0.140. The van der Waals surface area contributed by atoms with Crippen LogP contribution in [0.4, 0.5) is 0 Å². The van der Waals surface area contributed by atoms with Crippen LogP contribution in [0.15, 0.2) is 24.8 Å². The van der Waals surface area contributed by atoms with Crippen molar-refractivity contribution in [3.63, 3.8) is 0 Å². The topological polar surface area (TPSA) is 79.2 Å². The van der Waals surface area contributed by atoms with E-state index in [1.165, 1.54) is 0 Å². The van der Waals surface area contributed by atoms with E-state index >= 15 is 0 Å². The highest BCUT2D eigenvalue weighted by Gasteiger charge is 2.45. The van der Waals surface area contributed by atoms with Crippen LogP contribution in [0.3, 0.4) is 0 Å². The first-order valence-electron chi connectivity index (χ1n) is 15.5. The molecule has 242 valence electrons. The van der Waals surface area contributed by atoms with E-state index in [9.17, 15) is 15.0 Å². The minimum Gasteiger partial charge on any atom is -0.413 e. The van der Waals surface area contributed by atoms with Gasteiger partial charge in [0.15, 0.2) is 16.6 Å². The largest absolute Gasteiger partial charge is 0.413 e. The van der Waals surface area contributed by atoms with Gasteiger partial charge in [0.25, 0.3) is 0 Å². The molecule has 0 aliphatic carbocycles. The van der Waals surface area contributed by atoms with Crippen LogP contribution in [0.1, 0.15) is 76.2 Å². The van der Waals surface area contributed by atoms with Gasteiger partial charge in [0, 0.05) is 38.0 Å². The van der Waals surface area contributed by atoms with Crippen molar-refractivity contribution < 1.29 is 23.9 Å². The van der Waals surface area contributed by atoms with Crippen molar-refractivity contribution in [1.29, 1.82) is 0 Å². The van der Waals surface area contributed by atoms with E-state index in [2.05, 4.69) is 81.2 Å². The number of aliphatic hydroxyl groups is 2. The summed E-state index contributed by atoms with van der Waals surface area (Å²) in [5.41, 5.74) is 0. The molecular formula is C33H67NO5Si2. The highest BCUT2D eigenvalue weighted by molar-refractivity contribution is 6.74. The van der Waals surface area contributed by atoms with Gasteiger partial charge in [0.05, 0.1) is 24.2 Å².